The van der Waals surface area contributed by atoms with E-state index >= 15 is 0 Å². The van der Waals surface area contributed by atoms with E-state index in [4.69, 9.17) is 4.55 Å². The largest absolute Gasteiger partial charge is 0.284 e. The Labute approximate surface area is 66.1 Å². The van der Waals surface area contributed by atoms with Gasteiger partial charge >= 0.3 is 0 Å². The van der Waals surface area contributed by atoms with Gasteiger partial charge < -0.3 is 0 Å². The number of sulfone groups is 1. The normalized spacial score (nSPS) is 14.9. The van der Waals surface area contributed by atoms with Crippen molar-refractivity contribution in [1.29, 1.82) is 0 Å². The monoisotopic (exact) mass is 202 g/mol. The van der Waals surface area contributed by atoms with Crippen molar-refractivity contribution in [3.05, 3.63) is 0 Å². The van der Waals surface area contributed by atoms with Crippen LogP contribution in [0.5, 0.6) is 0 Å². The first-order valence-electron chi connectivity index (χ1n) is 2.67. The molecular formula is C4H10O5S2. The molecule has 0 radical (unpaired) electrons. The lowest BCUT2D eigenvalue weighted by atomic mass is 10.5. The van der Waals surface area contributed by atoms with Gasteiger partial charge in [0.05, 0.1) is 0 Å². The molecule has 0 saturated heterocycles. The molecule has 0 rings (SSSR count). The fourth-order valence-corrected chi connectivity index (χ4v) is 1.72. The minimum Gasteiger partial charge on any atom is -0.284 e. The van der Waals surface area contributed by atoms with Gasteiger partial charge in [0.1, 0.15) is 0 Å². The van der Waals surface area contributed by atoms with Crippen molar-refractivity contribution in [2.24, 2.45) is 0 Å². The highest BCUT2D eigenvalue weighted by Crippen LogP contribution is 2.20. The minimum atomic E-state index is -4.55. The number of hydrogen-bond acceptors (Lipinski definition) is 4. The van der Waals surface area contributed by atoms with Crippen LogP contribution in [-0.2, 0) is 20.0 Å². The zero-order valence-corrected chi connectivity index (χ0v) is 8.03. The molecule has 0 unspecified atom stereocenters. The summed E-state index contributed by atoms with van der Waals surface area (Å²) in [5.74, 6) is 0. The van der Waals surface area contributed by atoms with Crippen LogP contribution >= 0.6 is 0 Å². The summed E-state index contributed by atoms with van der Waals surface area (Å²) in [5.41, 5.74) is 0. The van der Waals surface area contributed by atoms with Gasteiger partial charge in [0.15, 0.2) is 13.9 Å². The summed E-state index contributed by atoms with van der Waals surface area (Å²) >= 11 is 0. The molecule has 0 amide bonds. The van der Waals surface area contributed by atoms with Gasteiger partial charge in [-0.3, -0.25) is 4.55 Å². The lowest BCUT2D eigenvalue weighted by Gasteiger charge is -2.17. The van der Waals surface area contributed by atoms with Crippen LogP contribution in [0.4, 0.5) is 0 Å². The highest BCUT2D eigenvalue weighted by Gasteiger charge is 2.42. The third kappa shape index (κ3) is 1.91. The molecule has 0 fully saturated rings. The van der Waals surface area contributed by atoms with Gasteiger partial charge in [0.25, 0.3) is 10.1 Å². The molecule has 0 aliphatic rings. The van der Waals surface area contributed by atoms with E-state index in [1.165, 1.54) is 0 Å². The molecule has 0 spiro atoms. The van der Waals surface area contributed by atoms with Crippen molar-refractivity contribution in [3.8, 4) is 0 Å². The molecule has 0 aliphatic carbocycles. The van der Waals surface area contributed by atoms with E-state index in [1.807, 2.05) is 0 Å². The summed E-state index contributed by atoms with van der Waals surface area (Å²) in [4.78, 5) is 0. The first kappa shape index (κ1) is 10.9. The highest BCUT2D eigenvalue weighted by molar-refractivity contribution is 8.07. The van der Waals surface area contributed by atoms with Crippen molar-refractivity contribution in [2.45, 2.75) is 17.9 Å². The Kier molecular flexibility index (Phi) is 2.40. The molecule has 0 saturated carbocycles. The average molecular weight is 202 g/mol. The van der Waals surface area contributed by atoms with E-state index in [2.05, 4.69) is 0 Å². The van der Waals surface area contributed by atoms with Crippen molar-refractivity contribution in [1.82, 2.24) is 0 Å². The summed E-state index contributed by atoms with van der Waals surface area (Å²) in [6, 6.07) is 0. The molecule has 0 heterocycles. The maximum atomic E-state index is 10.8. The first-order chi connectivity index (χ1) is 4.50. The maximum Gasteiger partial charge on any atom is 0.284 e. The number of hydrogen-bond donors (Lipinski definition) is 1. The molecule has 0 aromatic heterocycles. The average Bonchev–Trinajstić information content (AvgIpc) is 1.58. The van der Waals surface area contributed by atoms with Gasteiger partial charge in [-0.25, -0.2) is 8.42 Å². The second kappa shape index (κ2) is 2.43. The Balaban J connectivity index is 5.45. The van der Waals surface area contributed by atoms with Crippen molar-refractivity contribution in [2.75, 3.05) is 6.26 Å². The summed E-state index contributed by atoms with van der Waals surface area (Å²) < 4.78 is 48.8. The second-order valence-corrected chi connectivity index (χ2v) is 7.44. The molecule has 7 heteroatoms. The summed E-state index contributed by atoms with van der Waals surface area (Å²) in [7, 11) is -8.35. The van der Waals surface area contributed by atoms with E-state index in [-0.39, 0.29) is 0 Å². The lowest BCUT2D eigenvalue weighted by Crippen LogP contribution is -2.39. The number of rotatable bonds is 2. The fraction of sp³-hybridized carbons (Fsp3) is 1.00. The summed E-state index contributed by atoms with van der Waals surface area (Å²) in [5, 5.41) is 0. The van der Waals surface area contributed by atoms with E-state index in [1.54, 1.807) is 0 Å². The van der Waals surface area contributed by atoms with Crippen molar-refractivity contribution < 1.29 is 21.4 Å². The molecule has 0 aliphatic heterocycles. The van der Waals surface area contributed by atoms with Crippen LogP contribution in [0.25, 0.3) is 0 Å². The molecule has 11 heavy (non-hydrogen) atoms. The third-order valence-corrected chi connectivity index (χ3v) is 6.08. The van der Waals surface area contributed by atoms with Crippen LogP contribution in [0.1, 0.15) is 13.8 Å². The fourth-order valence-electron chi connectivity index (χ4n) is 0.191. The Morgan fingerprint density at radius 3 is 1.36 bits per heavy atom. The summed E-state index contributed by atoms with van der Waals surface area (Å²) in [6.07, 6.45) is 0.751. The zero-order valence-electron chi connectivity index (χ0n) is 6.40. The van der Waals surface area contributed by atoms with Crippen LogP contribution in [-0.4, -0.2) is 31.7 Å². The SMILES string of the molecule is CC(C)(S(C)(=O)=O)S(=O)(=O)O. The van der Waals surface area contributed by atoms with Crippen LogP contribution < -0.4 is 0 Å². The molecule has 0 bridgehead atoms. The Bertz CT molecular complexity index is 299. The first-order valence-corrected chi connectivity index (χ1v) is 6.00. The van der Waals surface area contributed by atoms with Gasteiger partial charge in [-0.05, 0) is 13.8 Å². The molecule has 0 aromatic rings. The smallest absolute Gasteiger partial charge is 0.284 e. The van der Waals surface area contributed by atoms with Gasteiger partial charge in [-0.1, -0.05) is 0 Å². The summed E-state index contributed by atoms with van der Waals surface area (Å²) in [6.45, 7) is 1.86. The van der Waals surface area contributed by atoms with Gasteiger partial charge in [-0.2, -0.15) is 8.42 Å². The van der Waals surface area contributed by atoms with Gasteiger partial charge in [0.2, 0.25) is 0 Å². The van der Waals surface area contributed by atoms with Crippen LogP contribution in [0.15, 0.2) is 0 Å². The second-order valence-electron chi connectivity index (χ2n) is 2.65. The lowest BCUT2D eigenvalue weighted by molar-refractivity contribution is 0.462. The molecule has 5 nitrogen and oxygen atoms in total. The maximum absolute atomic E-state index is 10.8. The standard InChI is InChI=1S/C4H10O5S2/c1-4(2,10(3,5)6)11(7,8)9/h1-3H3,(H,7,8,9). The Morgan fingerprint density at radius 2 is 1.36 bits per heavy atom. The molecule has 0 aromatic carbocycles. The van der Waals surface area contributed by atoms with E-state index in [0.29, 0.717) is 0 Å². The quantitative estimate of drug-likeness (QED) is 0.618. The van der Waals surface area contributed by atoms with Crippen molar-refractivity contribution in [3.63, 3.8) is 0 Å². The molecule has 68 valence electrons. The predicted octanol–water partition coefficient (Wildman–Crippen LogP) is -0.345. The van der Waals surface area contributed by atoms with Crippen molar-refractivity contribution >= 4 is 20.0 Å². The Morgan fingerprint density at radius 1 is 1.09 bits per heavy atom. The van der Waals surface area contributed by atoms with Crippen LogP contribution in [0, 0.1) is 0 Å². The highest BCUT2D eigenvalue weighted by atomic mass is 32.3. The van der Waals surface area contributed by atoms with Crippen LogP contribution in [0.3, 0.4) is 0 Å². The Hall–Kier alpha value is -0.140. The topological polar surface area (TPSA) is 88.5 Å². The third-order valence-electron chi connectivity index (χ3n) is 1.51. The van der Waals surface area contributed by atoms with E-state index in [9.17, 15) is 16.8 Å². The van der Waals surface area contributed by atoms with E-state index < -0.39 is 24.0 Å². The zero-order chi connectivity index (χ0) is 9.50. The van der Waals surface area contributed by atoms with E-state index in [0.717, 1.165) is 20.1 Å². The molecule has 1 N–H and O–H groups in total. The molecule has 0 atom stereocenters. The minimum absolute atomic E-state index is 0.751. The predicted molar refractivity (Wildman–Crippen MR) is 40.5 cm³/mol. The van der Waals surface area contributed by atoms with Gasteiger partial charge in [-0.15, -0.1) is 0 Å². The van der Waals surface area contributed by atoms with Crippen LogP contribution in [0.2, 0.25) is 0 Å². The van der Waals surface area contributed by atoms with Gasteiger partial charge in [0, 0.05) is 6.26 Å². The molecular weight excluding hydrogens is 192 g/mol.